The fraction of sp³-hybridized carbons (Fsp3) is 0.333. The second kappa shape index (κ2) is 5.62. The summed E-state index contributed by atoms with van der Waals surface area (Å²) in [4.78, 5) is 5.54. The summed E-state index contributed by atoms with van der Waals surface area (Å²) in [5.74, 6) is 0.828. The van der Waals surface area contributed by atoms with Gasteiger partial charge in [0.2, 0.25) is 0 Å². The lowest BCUT2D eigenvalue weighted by Crippen LogP contribution is -2.09. The summed E-state index contributed by atoms with van der Waals surface area (Å²) in [5, 5.41) is 0. The minimum atomic E-state index is 0.0905. The molecule has 0 radical (unpaired) electrons. The van der Waals surface area contributed by atoms with Crippen molar-refractivity contribution in [1.29, 1.82) is 0 Å². The molecule has 1 unspecified atom stereocenters. The van der Waals surface area contributed by atoms with Crippen molar-refractivity contribution in [3.8, 4) is 0 Å². The van der Waals surface area contributed by atoms with Gasteiger partial charge in [0, 0.05) is 10.9 Å². The lowest BCUT2D eigenvalue weighted by atomic mass is 10.1. The Hall–Kier alpha value is -0.910. The molecule has 17 heavy (non-hydrogen) atoms. The van der Waals surface area contributed by atoms with E-state index in [-0.39, 0.29) is 6.04 Å². The van der Waals surface area contributed by atoms with E-state index in [4.69, 9.17) is 5.73 Å². The number of aromatic nitrogens is 2. The van der Waals surface area contributed by atoms with E-state index in [2.05, 4.69) is 28.4 Å². The highest BCUT2D eigenvalue weighted by Gasteiger charge is 2.11. The monoisotopic (exact) mass is 265 g/mol. The smallest absolute Gasteiger partial charge is 0.174 e. The van der Waals surface area contributed by atoms with E-state index in [0.717, 1.165) is 16.6 Å². The van der Waals surface area contributed by atoms with Gasteiger partial charge in [-0.1, -0.05) is 36.9 Å². The normalized spacial score (nSPS) is 12.6. The highest BCUT2D eigenvalue weighted by molar-refractivity contribution is 8.01. The van der Waals surface area contributed by atoms with Gasteiger partial charge < -0.3 is 5.73 Å². The third-order valence-corrected chi connectivity index (χ3v) is 4.40. The van der Waals surface area contributed by atoms with Crippen LogP contribution in [0.3, 0.4) is 0 Å². The maximum atomic E-state index is 6.11. The highest BCUT2D eigenvalue weighted by Crippen LogP contribution is 2.34. The zero-order valence-electron chi connectivity index (χ0n) is 9.88. The van der Waals surface area contributed by atoms with Crippen molar-refractivity contribution < 1.29 is 0 Å². The molecule has 2 aromatic rings. The fourth-order valence-electron chi connectivity index (χ4n) is 1.51. The molecule has 1 heterocycles. The summed E-state index contributed by atoms with van der Waals surface area (Å²) in [6.45, 7) is 4.01. The molecule has 0 amide bonds. The van der Waals surface area contributed by atoms with E-state index in [9.17, 15) is 0 Å². The molecule has 0 aliphatic rings. The number of rotatable bonds is 4. The number of aryl methyl sites for hydroxylation is 1. The van der Waals surface area contributed by atoms with E-state index in [1.165, 1.54) is 22.0 Å². The number of hydrogen-bond acceptors (Lipinski definition) is 5. The Kier molecular flexibility index (Phi) is 4.15. The predicted molar refractivity (Wildman–Crippen MR) is 72.4 cm³/mol. The van der Waals surface area contributed by atoms with Gasteiger partial charge in [-0.2, -0.15) is 4.37 Å². The number of benzene rings is 1. The van der Waals surface area contributed by atoms with Crippen molar-refractivity contribution >= 4 is 23.3 Å². The van der Waals surface area contributed by atoms with Crippen LogP contribution in [-0.2, 0) is 0 Å². The van der Waals surface area contributed by atoms with Crippen molar-refractivity contribution in [3.63, 3.8) is 0 Å². The second-order valence-corrected chi connectivity index (χ2v) is 5.80. The SMILES string of the molecule is CCC(N)c1ccccc1Sc1nc(C)ns1. The first-order chi connectivity index (χ1) is 8.20. The van der Waals surface area contributed by atoms with Crippen LogP contribution in [0.25, 0.3) is 0 Å². The molecule has 3 nitrogen and oxygen atoms in total. The average Bonchev–Trinajstić information content (AvgIpc) is 2.74. The molecule has 1 aromatic heterocycles. The zero-order chi connectivity index (χ0) is 12.3. The molecular formula is C12H15N3S2. The van der Waals surface area contributed by atoms with Crippen molar-refractivity contribution in [2.45, 2.75) is 35.5 Å². The van der Waals surface area contributed by atoms with E-state index in [1.807, 2.05) is 19.1 Å². The lowest BCUT2D eigenvalue weighted by molar-refractivity contribution is 0.685. The standard InChI is InChI=1S/C12H15N3S2/c1-3-10(13)9-6-4-5-7-11(9)16-12-14-8(2)15-17-12/h4-7,10H,3,13H2,1-2H3. The van der Waals surface area contributed by atoms with Gasteiger partial charge in [0.15, 0.2) is 4.34 Å². The third kappa shape index (κ3) is 3.06. The summed E-state index contributed by atoms with van der Waals surface area (Å²) < 4.78 is 5.16. The van der Waals surface area contributed by atoms with Crippen LogP contribution in [0.2, 0.25) is 0 Å². The van der Waals surface area contributed by atoms with Crippen molar-refractivity contribution in [3.05, 3.63) is 35.7 Å². The molecule has 0 fully saturated rings. The Morgan fingerprint density at radius 1 is 1.41 bits per heavy atom. The molecule has 0 saturated heterocycles. The Bertz CT molecular complexity index is 496. The minimum Gasteiger partial charge on any atom is -0.324 e. The van der Waals surface area contributed by atoms with Gasteiger partial charge in [0.1, 0.15) is 5.82 Å². The third-order valence-electron chi connectivity index (χ3n) is 2.46. The van der Waals surface area contributed by atoms with Gasteiger partial charge in [0.05, 0.1) is 0 Å². The van der Waals surface area contributed by atoms with E-state index >= 15 is 0 Å². The lowest BCUT2D eigenvalue weighted by Gasteiger charge is -2.13. The Balaban J connectivity index is 2.26. The van der Waals surface area contributed by atoms with Gasteiger partial charge in [-0.05, 0) is 36.5 Å². The van der Waals surface area contributed by atoms with Gasteiger partial charge in [-0.25, -0.2) is 4.98 Å². The molecule has 0 aliphatic heterocycles. The summed E-state index contributed by atoms with van der Waals surface area (Å²) in [6.07, 6.45) is 0.937. The summed E-state index contributed by atoms with van der Waals surface area (Å²) in [7, 11) is 0. The number of hydrogen-bond donors (Lipinski definition) is 1. The van der Waals surface area contributed by atoms with Crippen molar-refractivity contribution in [2.75, 3.05) is 0 Å². The zero-order valence-corrected chi connectivity index (χ0v) is 11.5. The maximum absolute atomic E-state index is 6.11. The first-order valence-corrected chi connectivity index (χ1v) is 7.12. The molecular weight excluding hydrogens is 250 g/mol. The van der Waals surface area contributed by atoms with E-state index < -0.39 is 0 Å². The van der Waals surface area contributed by atoms with E-state index in [1.54, 1.807) is 11.8 Å². The van der Waals surface area contributed by atoms with Crippen LogP contribution >= 0.6 is 23.3 Å². The predicted octanol–water partition coefficient (Wildman–Crippen LogP) is 3.41. The van der Waals surface area contributed by atoms with Crippen LogP contribution in [0.15, 0.2) is 33.5 Å². The fourth-order valence-corrected chi connectivity index (χ4v) is 3.32. The Labute approximate surface area is 110 Å². The largest absolute Gasteiger partial charge is 0.324 e. The van der Waals surface area contributed by atoms with Crippen LogP contribution in [0.5, 0.6) is 0 Å². The average molecular weight is 265 g/mol. The van der Waals surface area contributed by atoms with Gasteiger partial charge in [-0.15, -0.1) is 0 Å². The summed E-state index contributed by atoms with van der Waals surface area (Å²) in [6, 6.07) is 8.33. The molecule has 1 aromatic carbocycles. The first-order valence-electron chi connectivity index (χ1n) is 5.53. The van der Waals surface area contributed by atoms with Crippen LogP contribution in [-0.4, -0.2) is 9.36 Å². The quantitative estimate of drug-likeness (QED) is 0.920. The molecule has 5 heteroatoms. The van der Waals surface area contributed by atoms with E-state index in [0.29, 0.717) is 0 Å². The van der Waals surface area contributed by atoms with Crippen LogP contribution in [0, 0.1) is 6.92 Å². The minimum absolute atomic E-state index is 0.0905. The molecule has 90 valence electrons. The van der Waals surface area contributed by atoms with Gasteiger partial charge in [0.25, 0.3) is 0 Å². The van der Waals surface area contributed by atoms with Crippen molar-refractivity contribution in [1.82, 2.24) is 9.36 Å². The van der Waals surface area contributed by atoms with Crippen LogP contribution < -0.4 is 5.73 Å². The molecule has 0 bridgehead atoms. The molecule has 0 saturated carbocycles. The molecule has 0 spiro atoms. The van der Waals surface area contributed by atoms with Gasteiger partial charge in [-0.3, -0.25) is 0 Å². The number of nitrogens with two attached hydrogens (primary N) is 1. The van der Waals surface area contributed by atoms with Gasteiger partial charge >= 0.3 is 0 Å². The summed E-state index contributed by atoms with van der Waals surface area (Å²) in [5.41, 5.74) is 7.30. The van der Waals surface area contributed by atoms with Crippen LogP contribution in [0.4, 0.5) is 0 Å². The Morgan fingerprint density at radius 3 is 2.82 bits per heavy atom. The Morgan fingerprint density at radius 2 is 2.18 bits per heavy atom. The number of nitrogens with zero attached hydrogens (tertiary/aromatic N) is 2. The molecule has 1 atom stereocenters. The first kappa shape index (κ1) is 12.5. The van der Waals surface area contributed by atoms with Crippen LogP contribution in [0.1, 0.15) is 30.8 Å². The summed E-state index contributed by atoms with van der Waals surface area (Å²) >= 11 is 3.08. The maximum Gasteiger partial charge on any atom is 0.174 e. The van der Waals surface area contributed by atoms with Crippen molar-refractivity contribution in [2.24, 2.45) is 5.73 Å². The molecule has 0 aliphatic carbocycles. The molecule has 2 N–H and O–H groups in total. The highest BCUT2D eigenvalue weighted by atomic mass is 32.2. The molecule has 2 rings (SSSR count). The topological polar surface area (TPSA) is 51.8 Å². The second-order valence-electron chi connectivity index (χ2n) is 3.76.